The van der Waals surface area contributed by atoms with Gasteiger partial charge in [0.05, 0.1) is 19.3 Å². The lowest BCUT2D eigenvalue weighted by Gasteiger charge is -2.18. The third kappa shape index (κ3) is 3.23. The van der Waals surface area contributed by atoms with Crippen LogP contribution in [-0.4, -0.2) is 13.7 Å². The summed E-state index contributed by atoms with van der Waals surface area (Å²) in [5, 5.41) is 2.42. The molecule has 106 valence electrons. The Kier molecular flexibility index (Phi) is 4.17. The first-order valence-corrected chi connectivity index (χ1v) is 6.04. The van der Waals surface area contributed by atoms with Crippen molar-refractivity contribution in [3.8, 4) is 5.75 Å². The summed E-state index contributed by atoms with van der Waals surface area (Å²) < 4.78 is 46.3. The second kappa shape index (κ2) is 5.86. The van der Waals surface area contributed by atoms with Crippen molar-refractivity contribution in [2.45, 2.75) is 5.92 Å². The van der Waals surface area contributed by atoms with E-state index in [1.54, 1.807) is 6.07 Å². The maximum atomic E-state index is 13.9. The van der Waals surface area contributed by atoms with E-state index in [0.29, 0.717) is 5.75 Å². The molecule has 2 aromatic carbocycles. The van der Waals surface area contributed by atoms with Crippen LogP contribution in [-0.2, 0) is 5.92 Å². The van der Waals surface area contributed by atoms with E-state index in [0.717, 1.165) is 0 Å². The highest BCUT2D eigenvalue weighted by atomic mass is 19.3. The van der Waals surface area contributed by atoms with Gasteiger partial charge in [-0.05, 0) is 12.1 Å². The van der Waals surface area contributed by atoms with Crippen molar-refractivity contribution in [3.63, 3.8) is 0 Å². The number of anilines is 1. The SMILES string of the molecule is COc1ccc(F)c(NCC(F)(F)c2ccccc2)c1. The van der Waals surface area contributed by atoms with Crippen LogP contribution in [0.3, 0.4) is 0 Å². The molecular weight excluding hydrogens is 267 g/mol. The van der Waals surface area contributed by atoms with E-state index in [-0.39, 0.29) is 11.3 Å². The summed E-state index contributed by atoms with van der Waals surface area (Å²) in [6.45, 7) is -0.693. The molecular formula is C15H14F3NO. The van der Waals surface area contributed by atoms with Gasteiger partial charge >= 0.3 is 0 Å². The van der Waals surface area contributed by atoms with E-state index >= 15 is 0 Å². The number of methoxy groups -OCH3 is 1. The van der Waals surface area contributed by atoms with Crippen LogP contribution in [0.2, 0.25) is 0 Å². The molecule has 0 radical (unpaired) electrons. The van der Waals surface area contributed by atoms with Gasteiger partial charge in [0.15, 0.2) is 0 Å². The van der Waals surface area contributed by atoms with E-state index in [1.807, 2.05) is 0 Å². The minimum atomic E-state index is -3.09. The smallest absolute Gasteiger partial charge is 0.290 e. The largest absolute Gasteiger partial charge is 0.497 e. The Hall–Kier alpha value is -2.17. The molecule has 0 aliphatic carbocycles. The van der Waals surface area contributed by atoms with Gasteiger partial charge in [-0.2, -0.15) is 8.78 Å². The van der Waals surface area contributed by atoms with E-state index in [1.165, 1.54) is 49.6 Å². The second-order valence-corrected chi connectivity index (χ2v) is 4.27. The van der Waals surface area contributed by atoms with Crippen molar-refractivity contribution in [2.24, 2.45) is 0 Å². The topological polar surface area (TPSA) is 21.3 Å². The molecule has 0 saturated heterocycles. The number of alkyl halides is 2. The summed E-state index contributed by atoms with van der Waals surface area (Å²) in [5.41, 5.74) is -0.129. The van der Waals surface area contributed by atoms with Gasteiger partial charge in [-0.25, -0.2) is 4.39 Å². The monoisotopic (exact) mass is 281 g/mol. The highest BCUT2D eigenvalue weighted by Gasteiger charge is 2.31. The van der Waals surface area contributed by atoms with Gasteiger partial charge in [-0.3, -0.25) is 0 Å². The van der Waals surface area contributed by atoms with Crippen LogP contribution in [0, 0.1) is 5.82 Å². The molecule has 2 aromatic rings. The molecule has 2 rings (SSSR count). The van der Waals surface area contributed by atoms with Gasteiger partial charge in [0, 0.05) is 11.6 Å². The molecule has 0 fully saturated rings. The quantitative estimate of drug-likeness (QED) is 0.893. The molecule has 0 bridgehead atoms. The van der Waals surface area contributed by atoms with Gasteiger partial charge in [-0.1, -0.05) is 30.3 Å². The lowest BCUT2D eigenvalue weighted by atomic mass is 10.1. The fourth-order valence-electron chi connectivity index (χ4n) is 1.76. The Morgan fingerprint density at radius 2 is 1.80 bits per heavy atom. The summed E-state index contributed by atoms with van der Waals surface area (Å²) in [4.78, 5) is 0. The molecule has 0 amide bonds. The summed E-state index contributed by atoms with van der Waals surface area (Å²) in [7, 11) is 1.43. The zero-order valence-corrected chi connectivity index (χ0v) is 10.9. The van der Waals surface area contributed by atoms with Crippen LogP contribution in [0.1, 0.15) is 5.56 Å². The Balaban J connectivity index is 2.12. The van der Waals surface area contributed by atoms with E-state index in [4.69, 9.17) is 4.74 Å². The van der Waals surface area contributed by atoms with Crippen LogP contribution >= 0.6 is 0 Å². The summed E-state index contributed by atoms with van der Waals surface area (Å²) in [6.07, 6.45) is 0. The van der Waals surface area contributed by atoms with Crippen molar-refractivity contribution in [1.29, 1.82) is 0 Å². The number of rotatable bonds is 5. The summed E-state index contributed by atoms with van der Waals surface area (Å²) >= 11 is 0. The molecule has 5 heteroatoms. The Bertz CT molecular complexity index is 573. The zero-order valence-electron chi connectivity index (χ0n) is 10.9. The fraction of sp³-hybridized carbons (Fsp3) is 0.200. The fourth-order valence-corrected chi connectivity index (χ4v) is 1.76. The molecule has 0 spiro atoms. The average molecular weight is 281 g/mol. The molecule has 0 aromatic heterocycles. The lowest BCUT2D eigenvalue weighted by Crippen LogP contribution is -2.25. The predicted octanol–water partition coefficient (Wildman–Crippen LogP) is 4.04. The van der Waals surface area contributed by atoms with Crippen LogP contribution in [0.4, 0.5) is 18.9 Å². The lowest BCUT2D eigenvalue weighted by molar-refractivity contribution is 0.0106. The second-order valence-electron chi connectivity index (χ2n) is 4.27. The molecule has 1 N–H and O–H groups in total. The first-order valence-electron chi connectivity index (χ1n) is 6.04. The van der Waals surface area contributed by atoms with Crippen molar-refractivity contribution in [1.82, 2.24) is 0 Å². The molecule has 0 saturated carbocycles. The van der Waals surface area contributed by atoms with Crippen molar-refractivity contribution in [2.75, 3.05) is 19.0 Å². The minimum Gasteiger partial charge on any atom is -0.497 e. The van der Waals surface area contributed by atoms with Crippen LogP contribution < -0.4 is 10.1 Å². The molecule has 0 unspecified atom stereocenters. The van der Waals surface area contributed by atoms with Crippen molar-refractivity contribution in [3.05, 3.63) is 59.9 Å². The highest BCUT2D eigenvalue weighted by molar-refractivity contribution is 5.50. The van der Waals surface area contributed by atoms with Crippen LogP contribution in [0.25, 0.3) is 0 Å². The van der Waals surface area contributed by atoms with Gasteiger partial charge in [0.2, 0.25) is 0 Å². The minimum absolute atomic E-state index is 0.0139. The molecule has 0 aliphatic heterocycles. The van der Waals surface area contributed by atoms with Crippen LogP contribution in [0.15, 0.2) is 48.5 Å². The van der Waals surface area contributed by atoms with Gasteiger partial charge in [0.25, 0.3) is 5.92 Å². The normalized spacial score (nSPS) is 11.2. The van der Waals surface area contributed by atoms with Gasteiger partial charge < -0.3 is 10.1 Å². The molecule has 0 heterocycles. The maximum Gasteiger partial charge on any atom is 0.290 e. The third-order valence-corrected chi connectivity index (χ3v) is 2.87. The number of nitrogens with one attached hydrogen (secondary N) is 1. The standard InChI is InChI=1S/C15H14F3NO/c1-20-12-7-8-13(16)14(9-12)19-10-15(17,18)11-5-3-2-4-6-11/h2-9,19H,10H2,1H3. The summed E-state index contributed by atoms with van der Waals surface area (Å²) in [6, 6.07) is 11.3. The first kappa shape index (κ1) is 14.2. The molecule has 2 nitrogen and oxygen atoms in total. The number of benzene rings is 2. The number of ether oxygens (including phenoxy) is 1. The Morgan fingerprint density at radius 1 is 1.10 bits per heavy atom. The molecule has 20 heavy (non-hydrogen) atoms. The maximum absolute atomic E-state index is 13.9. The molecule has 0 atom stereocenters. The Labute approximate surface area is 115 Å². The summed E-state index contributed by atoms with van der Waals surface area (Å²) in [5.74, 6) is -3.29. The highest BCUT2D eigenvalue weighted by Crippen LogP contribution is 2.29. The van der Waals surface area contributed by atoms with E-state index in [2.05, 4.69) is 5.32 Å². The third-order valence-electron chi connectivity index (χ3n) is 2.87. The van der Waals surface area contributed by atoms with Gasteiger partial charge in [-0.15, -0.1) is 0 Å². The van der Waals surface area contributed by atoms with E-state index in [9.17, 15) is 13.2 Å². The van der Waals surface area contributed by atoms with Crippen molar-refractivity contribution >= 4 is 5.69 Å². The number of hydrogen-bond acceptors (Lipinski definition) is 2. The zero-order chi connectivity index (χ0) is 14.6. The number of hydrogen-bond donors (Lipinski definition) is 1. The Morgan fingerprint density at radius 3 is 2.45 bits per heavy atom. The first-order chi connectivity index (χ1) is 9.53. The number of halogens is 3. The van der Waals surface area contributed by atoms with E-state index < -0.39 is 18.3 Å². The predicted molar refractivity (Wildman–Crippen MR) is 71.8 cm³/mol. The van der Waals surface area contributed by atoms with Gasteiger partial charge in [0.1, 0.15) is 11.6 Å². The molecule has 0 aliphatic rings. The van der Waals surface area contributed by atoms with Crippen LogP contribution in [0.5, 0.6) is 5.75 Å². The average Bonchev–Trinajstić information content (AvgIpc) is 2.47. The van der Waals surface area contributed by atoms with Crippen molar-refractivity contribution < 1.29 is 17.9 Å².